The molecule has 2 aliphatic rings. The summed E-state index contributed by atoms with van der Waals surface area (Å²) in [6.45, 7) is 1.73. The van der Waals surface area contributed by atoms with Gasteiger partial charge >= 0.3 is 6.36 Å². The highest BCUT2D eigenvalue weighted by Gasteiger charge is 2.37. The molecule has 1 aromatic heterocycles. The van der Waals surface area contributed by atoms with Crippen LogP contribution in [0.5, 0.6) is 5.75 Å². The maximum Gasteiger partial charge on any atom is 0.573 e. The number of hydrogen-bond donors (Lipinski definition) is 0. The van der Waals surface area contributed by atoms with Crippen molar-refractivity contribution in [1.29, 1.82) is 0 Å². The third-order valence-corrected chi connectivity index (χ3v) is 6.15. The Hall–Kier alpha value is -2.42. The fourth-order valence-corrected chi connectivity index (χ4v) is 4.94. The molecule has 1 amide bonds. The van der Waals surface area contributed by atoms with Crippen LogP contribution in [0.15, 0.2) is 41.2 Å². The molecule has 30 heavy (non-hydrogen) atoms. The Morgan fingerprint density at radius 1 is 1.13 bits per heavy atom. The van der Waals surface area contributed by atoms with Crippen molar-refractivity contribution in [1.82, 2.24) is 9.47 Å². The Balaban J connectivity index is 1.69. The van der Waals surface area contributed by atoms with Gasteiger partial charge in [-0.2, -0.15) is 11.8 Å². The van der Waals surface area contributed by atoms with Crippen LogP contribution in [-0.4, -0.2) is 46.8 Å². The molecule has 0 unspecified atom stereocenters. The Kier molecular flexibility index (Phi) is 5.57. The summed E-state index contributed by atoms with van der Waals surface area (Å²) < 4.78 is 43.0. The SMILES string of the molecule is CSCC(=O)N1C[C@@H]2C[C@H](C1)c1c(-c3ccc(OC(F)(F)F)cc3)ccc(=O)n1C2. The Morgan fingerprint density at radius 3 is 2.53 bits per heavy atom. The second-order valence-corrected chi connectivity index (χ2v) is 8.55. The quantitative estimate of drug-likeness (QED) is 0.730. The van der Waals surface area contributed by atoms with Gasteiger partial charge in [0.1, 0.15) is 5.75 Å². The van der Waals surface area contributed by atoms with E-state index in [0.29, 0.717) is 31.0 Å². The molecule has 2 bridgehead atoms. The molecule has 1 aromatic carbocycles. The number of likely N-dealkylation sites (tertiary alicyclic amines) is 1. The molecule has 0 N–H and O–H groups in total. The maximum atomic E-state index is 12.5. The minimum atomic E-state index is -4.75. The minimum Gasteiger partial charge on any atom is -0.406 e. The van der Waals surface area contributed by atoms with Crippen molar-refractivity contribution < 1.29 is 22.7 Å². The molecule has 160 valence electrons. The zero-order valence-electron chi connectivity index (χ0n) is 16.3. The largest absolute Gasteiger partial charge is 0.573 e. The summed E-state index contributed by atoms with van der Waals surface area (Å²) in [5, 5.41) is 0. The van der Waals surface area contributed by atoms with Crippen molar-refractivity contribution >= 4 is 17.7 Å². The van der Waals surface area contributed by atoms with Gasteiger partial charge in [0.05, 0.1) is 5.75 Å². The third-order valence-electron chi connectivity index (χ3n) is 5.61. The van der Waals surface area contributed by atoms with Gasteiger partial charge in [-0.1, -0.05) is 12.1 Å². The second-order valence-electron chi connectivity index (χ2n) is 7.68. The highest BCUT2D eigenvalue weighted by Crippen LogP contribution is 2.40. The summed E-state index contributed by atoms with van der Waals surface area (Å²) in [7, 11) is 0. The average molecular weight is 438 g/mol. The summed E-state index contributed by atoms with van der Waals surface area (Å²) in [5.74, 6) is 0.462. The first-order valence-electron chi connectivity index (χ1n) is 9.62. The summed E-state index contributed by atoms with van der Waals surface area (Å²) >= 11 is 1.49. The molecule has 0 aliphatic carbocycles. The molecular formula is C21H21F3N2O3S. The second kappa shape index (κ2) is 8.02. The van der Waals surface area contributed by atoms with Crippen LogP contribution in [0.3, 0.4) is 0 Å². The molecule has 1 fully saturated rings. The first kappa shape index (κ1) is 20.8. The van der Waals surface area contributed by atoms with Crippen molar-refractivity contribution in [3.8, 4) is 16.9 Å². The van der Waals surface area contributed by atoms with E-state index in [-0.39, 0.29) is 29.1 Å². The number of benzene rings is 1. The number of halogens is 3. The number of carbonyl (C=O) groups excluding carboxylic acids is 1. The van der Waals surface area contributed by atoms with Crippen molar-refractivity contribution in [3.63, 3.8) is 0 Å². The van der Waals surface area contributed by atoms with E-state index in [1.807, 2.05) is 11.2 Å². The van der Waals surface area contributed by atoms with Crippen LogP contribution in [0.1, 0.15) is 18.0 Å². The predicted molar refractivity (Wildman–Crippen MR) is 109 cm³/mol. The lowest BCUT2D eigenvalue weighted by molar-refractivity contribution is -0.274. The number of carbonyl (C=O) groups is 1. The molecule has 2 atom stereocenters. The minimum absolute atomic E-state index is 0.0123. The summed E-state index contributed by atoms with van der Waals surface area (Å²) in [6.07, 6.45) is -1.97. The normalized spacial score (nSPS) is 20.6. The molecule has 2 aliphatic heterocycles. The Bertz CT molecular complexity index is 1000. The molecule has 2 aromatic rings. The number of pyridine rings is 1. The molecule has 0 spiro atoms. The van der Waals surface area contributed by atoms with E-state index in [0.717, 1.165) is 17.7 Å². The van der Waals surface area contributed by atoms with Gasteiger partial charge in [-0.25, -0.2) is 0 Å². The van der Waals surface area contributed by atoms with Crippen molar-refractivity contribution in [2.75, 3.05) is 25.1 Å². The predicted octanol–water partition coefficient (Wildman–Crippen LogP) is 3.72. The molecule has 3 heterocycles. The first-order chi connectivity index (χ1) is 14.2. The number of thioether (sulfide) groups is 1. The fourth-order valence-electron chi connectivity index (χ4n) is 4.51. The summed E-state index contributed by atoms with van der Waals surface area (Å²) in [6, 6.07) is 8.88. The van der Waals surface area contributed by atoms with Crippen LogP contribution in [0.4, 0.5) is 13.2 Å². The van der Waals surface area contributed by atoms with Crippen LogP contribution >= 0.6 is 11.8 Å². The maximum absolute atomic E-state index is 12.5. The van der Waals surface area contributed by atoms with Crippen molar-refractivity contribution in [2.24, 2.45) is 5.92 Å². The molecular weight excluding hydrogens is 417 g/mol. The lowest BCUT2D eigenvalue weighted by Gasteiger charge is -2.43. The zero-order valence-corrected chi connectivity index (χ0v) is 17.1. The Morgan fingerprint density at radius 2 is 1.87 bits per heavy atom. The number of fused-ring (bicyclic) bond motifs is 4. The smallest absolute Gasteiger partial charge is 0.406 e. The number of ether oxygens (including phenoxy) is 1. The zero-order chi connectivity index (χ0) is 21.5. The average Bonchev–Trinajstić information content (AvgIpc) is 2.68. The molecule has 0 saturated carbocycles. The number of rotatable bonds is 4. The van der Waals surface area contributed by atoms with E-state index >= 15 is 0 Å². The number of amides is 1. The molecule has 9 heteroatoms. The van der Waals surface area contributed by atoms with E-state index in [2.05, 4.69) is 4.74 Å². The number of alkyl halides is 3. The number of piperidine rings is 1. The van der Waals surface area contributed by atoms with Crippen LogP contribution in [0.25, 0.3) is 11.1 Å². The van der Waals surface area contributed by atoms with Crippen LogP contribution in [0, 0.1) is 5.92 Å². The third kappa shape index (κ3) is 4.21. The summed E-state index contributed by atoms with van der Waals surface area (Å²) in [5.41, 5.74) is 2.27. The van der Waals surface area contributed by atoms with E-state index in [4.69, 9.17) is 0 Å². The number of hydrogen-bond acceptors (Lipinski definition) is 4. The number of nitrogens with zero attached hydrogens (tertiary/aromatic N) is 2. The fraction of sp³-hybridized carbons (Fsp3) is 0.429. The van der Waals surface area contributed by atoms with Gasteiger partial charge in [-0.05, 0) is 42.4 Å². The molecule has 0 radical (unpaired) electrons. The topological polar surface area (TPSA) is 51.5 Å². The highest BCUT2D eigenvalue weighted by molar-refractivity contribution is 7.99. The van der Waals surface area contributed by atoms with Gasteiger partial charge in [0.15, 0.2) is 0 Å². The lowest BCUT2D eigenvalue weighted by atomic mass is 9.80. The highest BCUT2D eigenvalue weighted by atomic mass is 32.2. The summed E-state index contributed by atoms with van der Waals surface area (Å²) in [4.78, 5) is 26.9. The van der Waals surface area contributed by atoms with E-state index in [9.17, 15) is 22.8 Å². The standard InChI is InChI=1S/C21H21F3N2O3S/c1-30-12-19(28)25-9-13-8-15(11-25)20-17(6-7-18(27)26(20)10-13)14-2-4-16(5-3-14)29-21(22,23)24/h2-7,13,15H,8-12H2,1H3/t13-,15+/m0/s1. The molecule has 1 saturated heterocycles. The van der Waals surface area contributed by atoms with Crippen LogP contribution in [0.2, 0.25) is 0 Å². The Labute approximate surface area is 175 Å². The van der Waals surface area contributed by atoms with E-state index in [1.165, 1.54) is 30.0 Å². The van der Waals surface area contributed by atoms with Gasteiger partial charge in [-0.15, -0.1) is 13.2 Å². The van der Waals surface area contributed by atoms with Gasteiger partial charge in [0, 0.05) is 42.9 Å². The van der Waals surface area contributed by atoms with Crippen LogP contribution < -0.4 is 10.3 Å². The monoisotopic (exact) mass is 438 g/mol. The van der Waals surface area contributed by atoms with Crippen LogP contribution in [-0.2, 0) is 11.3 Å². The number of aromatic nitrogens is 1. The lowest BCUT2D eigenvalue weighted by Crippen LogP contribution is -2.49. The van der Waals surface area contributed by atoms with Crippen molar-refractivity contribution in [2.45, 2.75) is 25.2 Å². The molecule has 4 rings (SSSR count). The van der Waals surface area contributed by atoms with Crippen molar-refractivity contribution in [3.05, 3.63) is 52.4 Å². The van der Waals surface area contributed by atoms with Gasteiger partial charge < -0.3 is 14.2 Å². The van der Waals surface area contributed by atoms with Gasteiger partial charge in [0.2, 0.25) is 5.91 Å². The molecule has 5 nitrogen and oxygen atoms in total. The first-order valence-corrected chi connectivity index (χ1v) is 11.0. The van der Waals surface area contributed by atoms with Gasteiger partial charge in [-0.3, -0.25) is 9.59 Å². The van der Waals surface area contributed by atoms with Gasteiger partial charge in [0.25, 0.3) is 5.56 Å². The van der Waals surface area contributed by atoms with E-state index < -0.39 is 6.36 Å². The van der Waals surface area contributed by atoms with E-state index in [1.54, 1.807) is 22.8 Å².